The second kappa shape index (κ2) is 7.85. The van der Waals surface area contributed by atoms with Crippen molar-refractivity contribution in [2.24, 2.45) is 5.92 Å². The highest BCUT2D eigenvalue weighted by Crippen LogP contribution is 2.25. The summed E-state index contributed by atoms with van der Waals surface area (Å²) in [6.07, 6.45) is 2.53. The monoisotopic (exact) mass is 338 g/mol. The maximum atomic E-state index is 4.95. The number of piperidine rings is 1. The number of nitrogens with zero attached hydrogens (tertiary/aromatic N) is 4. The third-order valence-electron chi connectivity index (χ3n) is 4.88. The van der Waals surface area contributed by atoms with Crippen LogP contribution in [-0.2, 0) is 6.54 Å². The fourth-order valence-corrected chi connectivity index (χ4v) is 3.50. The first-order valence-corrected chi connectivity index (χ1v) is 9.44. The van der Waals surface area contributed by atoms with Gasteiger partial charge in [-0.3, -0.25) is 0 Å². The van der Waals surface area contributed by atoms with E-state index in [1.54, 1.807) is 0 Å². The average Bonchev–Trinajstić information content (AvgIpc) is 2.60. The molecule has 2 aromatic rings. The molecule has 0 radical (unpaired) electrons. The largest absolute Gasteiger partial charge is 0.350 e. The Morgan fingerprint density at radius 2 is 1.96 bits per heavy atom. The SMILES string of the molecule is Cc1cc(N(Cc2ccccc2)C(C)C)nc(N2CCCC(C)C2)n1. The van der Waals surface area contributed by atoms with Gasteiger partial charge in [0.15, 0.2) is 0 Å². The van der Waals surface area contributed by atoms with Crippen LogP contribution in [0.2, 0.25) is 0 Å². The Morgan fingerprint density at radius 1 is 1.20 bits per heavy atom. The van der Waals surface area contributed by atoms with E-state index in [9.17, 15) is 0 Å². The number of hydrogen-bond acceptors (Lipinski definition) is 4. The Kier molecular flexibility index (Phi) is 5.57. The van der Waals surface area contributed by atoms with Gasteiger partial charge >= 0.3 is 0 Å². The molecule has 134 valence electrons. The molecule has 1 atom stereocenters. The van der Waals surface area contributed by atoms with Crippen LogP contribution in [0.5, 0.6) is 0 Å². The van der Waals surface area contributed by atoms with E-state index in [0.29, 0.717) is 12.0 Å². The van der Waals surface area contributed by atoms with Crippen molar-refractivity contribution in [3.05, 3.63) is 47.7 Å². The summed E-state index contributed by atoms with van der Waals surface area (Å²) in [7, 11) is 0. The molecule has 1 aliphatic heterocycles. The zero-order valence-electron chi connectivity index (χ0n) is 15.9. The maximum Gasteiger partial charge on any atom is 0.227 e. The first-order valence-electron chi connectivity index (χ1n) is 9.44. The summed E-state index contributed by atoms with van der Waals surface area (Å²) >= 11 is 0. The summed E-state index contributed by atoms with van der Waals surface area (Å²) in [5, 5.41) is 0. The Hall–Kier alpha value is -2.10. The van der Waals surface area contributed by atoms with E-state index in [0.717, 1.165) is 37.1 Å². The molecule has 0 N–H and O–H groups in total. The highest BCUT2D eigenvalue weighted by atomic mass is 15.3. The van der Waals surface area contributed by atoms with Crippen LogP contribution in [0.25, 0.3) is 0 Å². The highest BCUT2D eigenvalue weighted by molar-refractivity contribution is 5.47. The van der Waals surface area contributed by atoms with E-state index in [1.165, 1.54) is 18.4 Å². The van der Waals surface area contributed by atoms with Gasteiger partial charge in [0, 0.05) is 37.4 Å². The van der Waals surface area contributed by atoms with Crippen molar-refractivity contribution in [1.82, 2.24) is 9.97 Å². The van der Waals surface area contributed by atoms with E-state index < -0.39 is 0 Å². The summed E-state index contributed by atoms with van der Waals surface area (Å²) in [5.74, 6) is 2.63. The standard InChI is InChI=1S/C21H30N4/c1-16(2)25(15-19-10-6-5-7-11-19)20-13-18(4)22-21(23-20)24-12-8-9-17(3)14-24/h5-7,10-11,13,16-17H,8-9,12,14-15H2,1-4H3. The van der Waals surface area contributed by atoms with Gasteiger partial charge in [0.1, 0.15) is 5.82 Å². The smallest absolute Gasteiger partial charge is 0.227 e. The minimum Gasteiger partial charge on any atom is -0.350 e. The van der Waals surface area contributed by atoms with Crippen LogP contribution < -0.4 is 9.80 Å². The first kappa shape index (κ1) is 17.7. The number of aryl methyl sites for hydroxylation is 1. The van der Waals surface area contributed by atoms with Crippen LogP contribution in [0.3, 0.4) is 0 Å². The lowest BCUT2D eigenvalue weighted by molar-refractivity contribution is 0.441. The molecular weight excluding hydrogens is 308 g/mol. The van der Waals surface area contributed by atoms with Crippen LogP contribution in [0.15, 0.2) is 36.4 Å². The molecule has 0 aliphatic carbocycles. The Morgan fingerprint density at radius 3 is 2.64 bits per heavy atom. The van der Waals surface area contributed by atoms with Gasteiger partial charge in [-0.25, -0.2) is 4.98 Å². The lowest BCUT2D eigenvalue weighted by Crippen LogP contribution is -2.36. The summed E-state index contributed by atoms with van der Waals surface area (Å²) in [5.41, 5.74) is 2.34. The predicted octanol–water partition coefficient (Wildman–Crippen LogP) is 4.44. The fourth-order valence-electron chi connectivity index (χ4n) is 3.50. The van der Waals surface area contributed by atoms with Crippen molar-refractivity contribution in [3.8, 4) is 0 Å². The van der Waals surface area contributed by atoms with Gasteiger partial charge in [-0.15, -0.1) is 0 Å². The summed E-state index contributed by atoms with van der Waals surface area (Å²) < 4.78 is 0. The molecule has 4 nitrogen and oxygen atoms in total. The first-order chi connectivity index (χ1) is 12.0. The minimum absolute atomic E-state index is 0.377. The van der Waals surface area contributed by atoms with Crippen LogP contribution in [0, 0.1) is 12.8 Å². The van der Waals surface area contributed by atoms with Crippen molar-refractivity contribution in [3.63, 3.8) is 0 Å². The average molecular weight is 338 g/mol. The van der Waals surface area contributed by atoms with Crippen LogP contribution in [0.1, 0.15) is 44.9 Å². The van der Waals surface area contributed by atoms with Gasteiger partial charge in [0.25, 0.3) is 0 Å². The number of anilines is 2. The van der Waals surface area contributed by atoms with E-state index in [4.69, 9.17) is 9.97 Å². The second-order valence-corrected chi connectivity index (χ2v) is 7.57. The molecule has 3 rings (SSSR count). The van der Waals surface area contributed by atoms with Crippen molar-refractivity contribution in [1.29, 1.82) is 0 Å². The molecular formula is C21H30N4. The van der Waals surface area contributed by atoms with Gasteiger partial charge in [0.05, 0.1) is 0 Å². The normalized spacial score (nSPS) is 17.8. The molecule has 1 aromatic heterocycles. The molecule has 1 saturated heterocycles. The predicted molar refractivity (Wildman–Crippen MR) is 105 cm³/mol. The fraction of sp³-hybridized carbons (Fsp3) is 0.524. The van der Waals surface area contributed by atoms with Crippen molar-refractivity contribution in [2.75, 3.05) is 22.9 Å². The van der Waals surface area contributed by atoms with Crippen molar-refractivity contribution in [2.45, 2.75) is 53.1 Å². The molecule has 0 saturated carbocycles. The van der Waals surface area contributed by atoms with E-state index in [-0.39, 0.29) is 0 Å². The van der Waals surface area contributed by atoms with Gasteiger partial charge in [-0.1, -0.05) is 37.3 Å². The topological polar surface area (TPSA) is 32.3 Å². The lowest BCUT2D eigenvalue weighted by Gasteiger charge is -2.33. The zero-order chi connectivity index (χ0) is 17.8. The van der Waals surface area contributed by atoms with Crippen LogP contribution in [0.4, 0.5) is 11.8 Å². The molecule has 25 heavy (non-hydrogen) atoms. The molecule has 1 aliphatic rings. The molecule has 0 bridgehead atoms. The maximum absolute atomic E-state index is 4.95. The van der Waals surface area contributed by atoms with E-state index in [1.807, 2.05) is 0 Å². The van der Waals surface area contributed by atoms with Crippen LogP contribution >= 0.6 is 0 Å². The van der Waals surface area contributed by atoms with Crippen LogP contribution in [-0.4, -0.2) is 29.1 Å². The summed E-state index contributed by atoms with van der Waals surface area (Å²) in [4.78, 5) is 14.4. The molecule has 0 spiro atoms. The Bertz CT molecular complexity index is 684. The third-order valence-corrected chi connectivity index (χ3v) is 4.88. The van der Waals surface area contributed by atoms with E-state index in [2.05, 4.69) is 73.9 Å². The molecule has 1 fully saturated rings. The van der Waals surface area contributed by atoms with Gasteiger partial charge in [0.2, 0.25) is 5.95 Å². The number of hydrogen-bond donors (Lipinski definition) is 0. The number of rotatable bonds is 5. The molecule has 2 heterocycles. The van der Waals surface area contributed by atoms with E-state index >= 15 is 0 Å². The second-order valence-electron chi connectivity index (χ2n) is 7.57. The van der Waals surface area contributed by atoms with Crippen molar-refractivity contribution < 1.29 is 0 Å². The quantitative estimate of drug-likeness (QED) is 0.807. The number of benzene rings is 1. The molecule has 1 aromatic carbocycles. The molecule has 1 unspecified atom stereocenters. The minimum atomic E-state index is 0.377. The highest BCUT2D eigenvalue weighted by Gasteiger charge is 2.21. The van der Waals surface area contributed by atoms with Gasteiger partial charge in [-0.05, 0) is 45.1 Å². The molecule has 4 heteroatoms. The Balaban J connectivity index is 1.88. The number of aromatic nitrogens is 2. The summed E-state index contributed by atoms with van der Waals surface area (Å²) in [6.45, 7) is 11.8. The summed E-state index contributed by atoms with van der Waals surface area (Å²) in [6, 6.07) is 13.1. The Labute approximate surface area is 151 Å². The third kappa shape index (κ3) is 4.50. The zero-order valence-corrected chi connectivity index (χ0v) is 15.9. The molecule has 0 amide bonds. The lowest BCUT2D eigenvalue weighted by atomic mass is 10.0. The van der Waals surface area contributed by atoms with Gasteiger partial charge < -0.3 is 9.80 Å². The van der Waals surface area contributed by atoms with Crippen molar-refractivity contribution >= 4 is 11.8 Å². The van der Waals surface area contributed by atoms with Gasteiger partial charge in [-0.2, -0.15) is 4.98 Å².